The van der Waals surface area contributed by atoms with Gasteiger partial charge in [-0.2, -0.15) is 9.78 Å². The molecule has 4 rings (SSSR count). The van der Waals surface area contributed by atoms with Crippen molar-refractivity contribution in [3.63, 3.8) is 0 Å². The van der Waals surface area contributed by atoms with Crippen molar-refractivity contribution in [3.05, 3.63) is 80.0 Å². The van der Waals surface area contributed by atoms with Crippen LogP contribution in [0.4, 0.5) is 0 Å². The van der Waals surface area contributed by atoms with Gasteiger partial charge in [0, 0.05) is 15.6 Å². The molecule has 3 aromatic carbocycles. The molecule has 1 aromatic heterocycles. The topological polar surface area (TPSA) is 112 Å². The van der Waals surface area contributed by atoms with Crippen molar-refractivity contribution in [2.45, 2.75) is 53.6 Å². The number of para-hydroxylation sites is 1. The summed E-state index contributed by atoms with van der Waals surface area (Å²) < 4.78 is 19.1. The minimum absolute atomic E-state index is 0.174. The molecule has 0 unspecified atom stereocenters. The average Bonchev–Trinajstić information content (AvgIpc) is 2.94. The molecule has 0 aliphatic rings. The van der Waals surface area contributed by atoms with Crippen LogP contribution in [0.2, 0.25) is 0 Å². The van der Waals surface area contributed by atoms with Crippen molar-refractivity contribution in [3.8, 4) is 28.6 Å². The Kier molecular flexibility index (Phi) is 9.67. The second-order valence-electron chi connectivity index (χ2n) is 9.96. The van der Waals surface area contributed by atoms with Crippen LogP contribution in [-0.4, -0.2) is 46.3 Å². The number of hydrogen-bond donors (Lipinski definition) is 1. The lowest BCUT2D eigenvalue weighted by Crippen LogP contribution is -2.23. The quantitative estimate of drug-likeness (QED) is 0.181. The lowest BCUT2D eigenvalue weighted by molar-refractivity contribution is -0.144. The first-order valence-corrected chi connectivity index (χ1v) is 14.5. The Bertz CT molecular complexity index is 1710. The predicted molar refractivity (Wildman–Crippen MR) is 167 cm³/mol. The Morgan fingerprint density at radius 3 is 2.40 bits per heavy atom. The van der Waals surface area contributed by atoms with E-state index in [1.807, 2.05) is 45.0 Å². The molecular weight excluding hydrogens is 602 g/mol. The molecule has 220 valence electrons. The molecular formula is C32H34BrN3O6. The van der Waals surface area contributed by atoms with Crippen molar-refractivity contribution in [1.82, 2.24) is 9.66 Å². The molecule has 0 saturated heterocycles. The normalized spacial score (nSPS) is 12.2. The van der Waals surface area contributed by atoms with Crippen LogP contribution >= 0.6 is 15.9 Å². The largest absolute Gasteiger partial charge is 0.494 e. The van der Waals surface area contributed by atoms with E-state index in [9.17, 15) is 14.7 Å². The number of hydrogen-bond acceptors (Lipinski definition) is 7. The van der Waals surface area contributed by atoms with Crippen molar-refractivity contribution in [2.24, 2.45) is 5.10 Å². The van der Waals surface area contributed by atoms with Crippen molar-refractivity contribution < 1.29 is 24.1 Å². The van der Waals surface area contributed by atoms with Crippen LogP contribution in [0.5, 0.6) is 17.2 Å². The monoisotopic (exact) mass is 635 g/mol. The molecule has 0 amide bonds. The third-order valence-corrected chi connectivity index (χ3v) is 7.29. The van der Waals surface area contributed by atoms with Gasteiger partial charge >= 0.3 is 5.97 Å². The van der Waals surface area contributed by atoms with E-state index >= 15 is 0 Å². The first-order valence-electron chi connectivity index (χ1n) is 13.7. The molecule has 0 radical (unpaired) electrons. The maximum absolute atomic E-state index is 13.8. The van der Waals surface area contributed by atoms with Crippen molar-refractivity contribution >= 4 is 39.0 Å². The van der Waals surface area contributed by atoms with Gasteiger partial charge in [-0.25, -0.2) is 9.78 Å². The van der Waals surface area contributed by atoms with Gasteiger partial charge in [0.15, 0.2) is 23.4 Å². The summed E-state index contributed by atoms with van der Waals surface area (Å²) in [5, 5.41) is 14.3. The molecule has 1 N–H and O–H groups in total. The van der Waals surface area contributed by atoms with E-state index in [2.05, 4.69) is 34.9 Å². The van der Waals surface area contributed by atoms with Gasteiger partial charge < -0.3 is 19.3 Å². The smallest absolute Gasteiger partial charge is 0.344 e. The summed E-state index contributed by atoms with van der Waals surface area (Å²) in [6, 6.07) is 14.5. The molecule has 0 aliphatic carbocycles. The summed E-state index contributed by atoms with van der Waals surface area (Å²) in [5.41, 5.74) is 3.50. The number of fused-ring (bicyclic) bond motifs is 1. The highest BCUT2D eigenvalue weighted by atomic mass is 79.9. The van der Waals surface area contributed by atoms with Gasteiger partial charge in [0.1, 0.15) is 5.75 Å². The average molecular weight is 637 g/mol. The number of aliphatic carboxylic acids is 1. The molecule has 0 aliphatic heterocycles. The number of carboxylic acid groups (broad SMARTS) is 1. The molecule has 0 bridgehead atoms. The fourth-order valence-corrected chi connectivity index (χ4v) is 4.87. The van der Waals surface area contributed by atoms with E-state index < -0.39 is 12.1 Å². The van der Waals surface area contributed by atoms with Crippen LogP contribution < -0.4 is 19.8 Å². The van der Waals surface area contributed by atoms with E-state index in [1.54, 1.807) is 24.3 Å². The summed E-state index contributed by atoms with van der Waals surface area (Å²) in [4.78, 5) is 30.0. The minimum Gasteiger partial charge on any atom is -0.494 e. The number of benzene rings is 3. The Balaban J connectivity index is 1.91. The Morgan fingerprint density at radius 1 is 1.05 bits per heavy atom. The van der Waals surface area contributed by atoms with E-state index in [1.165, 1.54) is 17.8 Å². The van der Waals surface area contributed by atoms with E-state index in [0.29, 0.717) is 45.7 Å². The molecule has 4 aromatic rings. The van der Waals surface area contributed by atoms with Crippen molar-refractivity contribution in [2.75, 3.05) is 13.2 Å². The van der Waals surface area contributed by atoms with Crippen LogP contribution in [0.15, 0.2) is 62.9 Å². The van der Waals surface area contributed by atoms with E-state index in [0.717, 1.165) is 22.4 Å². The van der Waals surface area contributed by atoms with E-state index in [4.69, 9.17) is 19.2 Å². The summed E-state index contributed by atoms with van der Waals surface area (Å²) in [5.74, 6) is 0.899. The molecule has 9 nitrogen and oxygen atoms in total. The summed E-state index contributed by atoms with van der Waals surface area (Å²) in [6.07, 6.45) is 0.458. The minimum atomic E-state index is -1.10. The standard InChI is InChI=1S/C32H34BrN3O6/c1-7-40-27-13-19(5)24(15-23(27)18(3)4)30-35-26-12-10-9-11-22(26)31(37)36(30)34-17-21-14-28(41-8-2)29(16-25(21)33)42-20(6)32(38)39/h9-18,20H,7-8H2,1-6H3,(H,38,39)/t20-/m1/s1. The lowest BCUT2D eigenvalue weighted by Gasteiger charge is -2.18. The molecule has 0 spiro atoms. The Morgan fingerprint density at radius 2 is 1.74 bits per heavy atom. The number of nitrogens with zero attached hydrogens (tertiary/aromatic N) is 3. The highest BCUT2D eigenvalue weighted by Gasteiger charge is 2.20. The zero-order chi connectivity index (χ0) is 30.6. The fraction of sp³-hybridized carbons (Fsp3) is 0.312. The Hall–Kier alpha value is -4.18. The van der Waals surface area contributed by atoms with Gasteiger partial charge in [0.2, 0.25) is 0 Å². The third kappa shape index (κ3) is 6.49. The molecule has 1 atom stereocenters. The highest BCUT2D eigenvalue weighted by molar-refractivity contribution is 9.10. The maximum Gasteiger partial charge on any atom is 0.344 e. The van der Waals surface area contributed by atoms with Gasteiger partial charge in [0.25, 0.3) is 5.56 Å². The number of halogens is 1. The van der Waals surface area contributed by atoms with Gasteiger partial charge in [-0.3, -0.25) is 4.79 Å². The van der Waals surface area contributed by atoms with Crippen LogP contribution in [0.3, 0.4) is 0 Å². The molecule has 1 heterocycles. The van der Waals surface area contributed by atoms with Crippen LogP contribution in [0.25, 0.3) is 22.3 Å². The number of ether oxygens (including phenoxy) is 3. The SMILES string of the molecule is CCOc1cc(C=Nn2c(-c3cc(C(C)C)c(OCC)cc3C)nc3ccccc3c2=O)c(Br)cc1O[C@H](C)C(=O)O. The van der Waals surface area contributed by atoms with Gasteiger partial charge in [-0.05, 0) is 97.1 Å². The number of carbonyl (C=O) groups is 1. The molecule has 10 heteroatoms. The lowest BCUT2D eigenvalue weighted by atomic mass is 9.96. The summed E-state index contributed by atoms with van der Waals surface area (Å²) in [6.45, 7) is 12.2. The molecule has 0 saturated carbocycles. The molecule has 0 fully saturated rings. The van der Waals surface area contributed by atoms with Gasteiger partial charge in [-0.1, -0.05) is 26.0 Å². The van der Waals surface area contributed by atoms with Gasteiger partial charge in [-0.15, -0.1) is 0 Å². The second kappa shape index (κ2) is 13.2. The fourth-order valence-electron chi connectivity index (χ4n) is 4.45. The zero-order valence-corrected chi connectivity index (χ0v) is 26.1. The van der Waals surface area contributed by atoms with Crippen molar-refractivity contribution in [1.29, 1.82) is 0 Å². The number of carboxylic acids is 1. The first kappa shape index (κ1) is 30.8. The first-order chi connectivity index (χ1) is 20.0. The zero-order valence-electron chi connectivity index (χ0n) is 24.5. The Labute approximate surface area is 252 Å². The van der Waals surface area contributed by atoms with Crippen LogP contribution in [0.1, 0.15) is 57.2 Å². The number of aromatic nitrogens is 2. The van der Waals surface area contributed by atoms with Crippen LogP contribution in [0, 0.1) is 6.92 Å². The number of rotatable bonds is 11. The van der Waals surface area contributed by atoms with Gasteiger partial charge in [0.05, 0.1) is 30.3 Å². The predicted octanol–water partition coefficient (Wildman–Crippen LogP) is 6.79. The summed E-state index contributed by atoms with van der Waals surface area (Å²) in [7, 11) is 0. The maximum atomic E-state index is 13.8. The van der Waals surface area contributed by atoms with E-state index in [-0.39, 0.29) is 17.2 Å². The highest BCUT2D eigenvalue weighted by Crippen LogP contribution is 2.36. The van der Waals surface area contributed by atoms with Crippen LogP contribution in [-0.2, 0) is 4.79 Å². The number of aryl methyl sites for hydroxylation is 1. The molecule has 42 heavy (non-hydrogen) atoms. The second-order valence-corrected chi connectivity index (χ2v) is 10.8. The third-order valence-electron chi connectivity index (χ3n) is 6.60. The summed E-state index contributed by atoms with van der Waals surface area (Å²) >= 11 is 3.52.